The highest BCUT2D eigenvalue weighted by Gasteiger charge is 2.39. The number of rotatable bonds is 5. The van der Waals surface area contributed by atoms with Gasteiger partial charge in [-0.25, -0.2) is 13.8 Å². The molecule has 148 valence electrons. The minimum atomic E-state index is -0.558. The maximum absolute atomic E-state index is 14.4. The van der Waals surface area contributed by atoms with Gasteiger partial charge in [-0.15, -0.1) is 24.0 Å². The first kappa shape index (κ1) is 21.5. The highest BCUT2D eigenvalue weighted by Crippen LogP contribution is 2.42. The number of halogens is 3. The Morgan fingerprint density at radius 1 is 1.22 bits per heavy atom. The second-order valence-corrected chi connectivity index (χ2v) is 6.66. The summed E-state index contributed by atoms with van der Waals surface area (Å²) in [6.45, 7) is 0.876. The van der Waals surface area contributed by atoms with Crippen molar-refractivity contribution >= 4 is 29.9 Å². The minimum absolute atomic E-state index is 0. The molecule has 2 N–H and O–H groups in total. The van der Waals surface area contributed by atoms with Crippen LogP contribution in [-0.2, 0) is 19.0 Å². The number of aromatic nitrogens is 3. The van der Waals surface area contributed by atoms with Gasteiger partial charge in [-0.05, 0) is 25.0 Å². The van der Waals surface area contributed by atoms with Crippen LogP contribution in [0.1, 0.15) is 37.1 Å². The minimum Gasteiger partial charge on any atom is -0.356 e. The van der Waals surface area contributed by atoms with Crippen LogP contribution in [0.4, 0.5) is 8.78 Å². The second kappa shape index (κ2) is 9.43. The van der Waals surface area contributed by atoms with E-state index in [-0.39, 0.29) is 29.5 Å². The third kappa shape index (κ3) is 4.74. The molecule has 1 aromatic carbocycles. The van der Waals surface area contributed by atoms with Gasteiger partial charge in [0.2, 0.25) is 0 Å². The number of nitrogens with one attached hydrogen (secondary N) is 2. The van der Waals surface area contributed by atoms with Gasteiger partial charge in [0, 0.05) is 31.6 Å². The van der Waals surface area contributed by atoms with Gasteiger partial charge in [0.25, 0.3) is 0 Å². The molecule has 9 heteroatoms. The molecule has 1 aliphatic rings. The van der Waals surface area contributed by atoms with Crippen LogP contribution in [0.25, 0.3) is 0 Å². The van der Waals surface area contributed by atoms with Crippen LogP contribution >= 0.6 is 24.0 Å². The van der Waals surface area contributed by atoms with Crippen molar-refractivity contribution in [3.05, 3.63) is 47.5 Å². The summed E-state index contributed by atoms with van der Waals surface area (Å²) >= 11 is 0. The molecule has 1 fully saturated rings. The molecule has 1 aliphatic carbocycles. The second-order valence-electron chi connectivity index (χ2n) is 6.66. The van der Waals surface area contributed by atoms with Gasteiger partial charge >= 0.3 is 0 Å². The summed E-state index contributed by atoms with van der Waals surface area (Å²) in [4.78, 5) is 8.35. The van der Waals surface area contributed by atoms with Crippen LogP contribution in [-0.4, -0.2) is 34.3 Å². The Morgan fingerprint density at radius 3 is 2.44 bits per heavy atom. The van der Waals surface area contributed by atoms with Gasteiger partial charge in [-0.3, -0.25) is 9.67 Å². The van der Waals surface area contributed by atoms with Crippen molar-refractivity contribution in [2.75, 3.05) is 13.6 Å². The van der Waals surface area contributed by atoms with E-state index in [1.807, 2.05) is 7.05 Å². The van der Waals surface area contributed by atoms with Crippen LogP contribution < -0.4 is 10.6 Å². The Balaban J connectivity index is 0.00000261. The van der Waals surface area contributed by atoms with Crippen molar-refractivity contribution in [1.82, 2.24) is 25.4 Å². The fourth-order valence-corrected chi connectivity index (χ4v) is 3.69. The molecule has 2 aromatic rings. The predicted octanol–water partition coefficient (Wildman–Crippen LogP) is 2.89. The molecular formula is C18H25F2IN6. The number of guanidine groups is 1. The Kier molecular flexibility index (Phi) is 7.51. The molecule has 0 radical (unpaired) electrons. The summed E-state index contributed by atoms with van der Waals surface area (Å²) in [6, 6.07) is 4.07. The number of aryl methyl sites for hydroxylation is 1. The average Bonchev–Trinajstić information content (AvgIpc) is 3.25. The summed E-state index contributed by atoms with van der Waals surface area (Å²) < 4.78 is 30.5. The third-order valence-electron chi connectivity index (χ3n) is 5.09. The number of nitrogens with zero attached hydrogens (tertiary/aromatic N) is 4. The van der Waals surface area contributed by atoms with Crippen molar-refractivity contribution in [3.8, 4) is 0 Å². The molecule has 27 heavy (non-hydrogen) atoms. The van der Waals surface area contributed by atoms with Crippen LogP contribution in [0.5, 0.6) is 0 Å². The lowest BCUT2D eigenvalue weighted by molar-refractivity contribution is 0.386. The van der Waals surface area contributed by atoms with E-state index in [0.717, 1.165) is 31.5 Å². The zero-order valence-electron chi connectivity index (χ0n) is 15.5. The highest BCUT2D eigenvalue weighted by atomic mass is 127. The zero-order valence-corrected chi connectivity index (χ0v) is 17.8. The van der Waals surface area contributed by atoms with E-state index in [4.69, 9.17) is 0 Å². The van der Waals surface area contributed by atoms with Crippen LogP contribution in [0.2, 0.25) is 0 Å². The van der Waals surface area contributed by atoms with Crippen molar-refractivity contribution < 1.29 is 8.78 Å². The van der Waals surface area contributed by atoms with Gasteiger partial charge in [-0.2, -0.15) is 5.10 Å². The van der Waals surface area contributed by atoms with E-state index in [0.29, 0.717) is 19.0 Å². The molecule has 0 bridgehead atoms. The summed E-state index contributed by atoms with van der Waals surface area (Å²) in [7, 11) is 3.48. The lowest BCUT2D eigenvalue weighted by Crippen LogP contribution is -2.45. The van der Waals surface area contributed by atoms with E-state index in [9.17, 15) is 8.78 Å². The largest absolute Gasteiger partial charge is 0.356 e. The molecule has 1 saturated carbocycles. The maximum atomic E-state index is 14.4. The Morgan fingerprint density at radius 2 is 1.89 bits per heavy atom. The Bertz CT molecular complexity index is 766. The quantitative estimate of drug-likeness (QED) is 0.385. The molecule has 0 spiro atoms. The fourth-order valence-electron chi connectivity index (χ4n) is 3.69. The van der Waals surface area contributed by atoms with Crippen LogP contribution in [0, 0.1) is 11.6 Å². The Labute approximate surface area is 174 Å². The molecule has 1 heterocycles. The molecule has 6 nitrogen and oxygen atoms in total. The third-order valence-corrected chi connectivity index (χ3v) is 5.09. The van der Waals surface area contributed by atoms with Gasteiger partial charge in [0.05, 0.1) is 6.54 Å². The van der Waals surface area contributed by atoms with Crippen molar-refractivity contribution in [2.45, 2.75) is 37.6 Å². The van der Waals surface area contributed by atoms with E-state index in [1.165, 1.54) is 24.5 Å². The van der Waals surface area contributed by atoms with E-state index < -0.39 is 17.0 Å². The molecule has 0 aliphatic heterocycles. The van der Waals surface area contributed by atoms with Gasteiger partial charge in [0.1, 0.15) is 23.8 Å². The zero-order chi connectivity index (χ0) is 18.6. The first-order valence-corrected chi connectivity index (χ1v) is 8.77. The topological polar surface area (TPSA) is 67.1 Å². The summed E-state index contributed by atoms with van der Waals surface area (Å²) in [6.07, 6.45) is 4.90. The first-order chi connectivity index (χ1) is 12.6. The van der Waals surface area contributed by atoms with Crippen molar-refractivity contribution in [1.29, 1.82) is 0 Å². The number of hydrogen-bond acceptors (Lipinski definition) is 3. The van der Waals surface area contributed by atoms with Crippen molar-refractivity contribution in [2.24, 2.45) is 12.0 Å². The summed E-state index contributed by atoms with van der Waals surface area (Å²) in [5, 5.41) is 10.4. The molecule has 3 rings (SSSR count). The van der Waals surface area contributed by atoms with E-state index >= 15 is 0 Å². The molecule has 0 unspecified atom stereocenters. The normalized spacial score (nSPS) is 16.1. The first-order valence-electron chi connectivity index (χ1n) is 8.77. The Hall–Kier alpha value is -1.78. The molecular weight excluding hydrogens is 465 g/mol. The highest BCUT2D eigenvalue weighted by molar-refractivity contribution is 14.0. The molecule has 0 atom stereocenters. The fraction of sp³-hybridized carbons (Fsp3) is 0.500. The van der Waals surface area contributed by atoms with Crippen LogP contribution in [0.15, 0.2) is 29.5 Å². The standard InChI is InChI=1S/C18H24F2N6.HI/c1-21-17(22-10-15-24-12-25-26(15)2)23-11-18(8-3-4-9-18)16-13(19)6-5-7-14(16)20;/h5-7,12H,3-4,8-11H2,1-2H3,(H2,21,22,23);1H. The molecule has 0 amide bonds. The van der Waals surface area contributed by atoms with E-state index in [2.05, 4.69) is 25.7 Å². The van der Waals surface area contributed by atoms with E-state index in [1.54, 1.807) is 11.7 Å². The van der Waals surface area contributed by atoms with Crippen molar-refractivity contribution in [3.63, 3.8) is 0 Å². The SMILES string of the molecule is CN=C(NCc1ncnn1C)NCC1(c2c(F)cccc2F)CCCC1.I. The maximum Gasteiger partial charge on any atom is 0.191 e. The predicted molar refractivity (Wildman–Crippen MR) is 111 cm³/mol. The summed E-state index contributed by atoms with van der Waals surface area (Å²) in [5.41, 5.74) is -0.369. The van der Waals surface area contributed by atoms with Crippen LogP contribution in [0.3, 0.4) is 0 Å². The summed E-state index contributed by atoms with van der Waals surface area (Å²) in [5.74, 6) is 0.381. The van der Waals surface area contributed by atoms with Gasteiger partial charge in [-0.1, -0.05) is 18.9 Å². The lowest BCUT2D eigenvalue weighted by Gasteiger charge is -2.31. The number of hydrogen-bond donors (Lipinski definition) is 2. The molecule has 1 aromatic heterocycles. The van der Waals surface area contributed by atoms with Gasteiger partial charge < -0.3 is 10.6 Å². The molecule has 0 saturated heterocycles. The number of aliphatic imine (C=N–C) groups is 1. The van der Waals surface area contributed by atoms with Gasteiger partial charge in [0.15, 0.2) is 5.96 Å². The average molecular weight is 490 g/mol. The lowest BCUT2D eigenvalue weighted by atomic mass is 9.78. The monoisotopic (exact) mass is 490 g/mol. The number of benzene rings is 1. The smallest absolute Gasteiger partial charge is 0.191 e.